The molecule has 0 unspecified atom stereocenters. The highest BCUT2D eigenvalue weighted by atomic mass is 15.3. The van der Waals surface area contributed by atoms with Gasteiger partial charge in [0.1, 0.15) is 12.1 Å². The van der Waals surface area contributed by atoms with E-state index in [0.29, 0.717) is 5.92 Å². The molecule has 0 aliphatic carbocycles. The summed E-state index contributed by atoms with van der Waals surface area (Å²) in [5, 5.41) is 15.0. The van der Waals surface area contributed by atoms with E-state index in [1.54, 1.807) is 17.2 Å². The lowest BCUT2D eigenvalue weighted by Gasteiger charge is -2.12. The number of anilines is 1. The van der Waals surface area contributed by atoms with Crippen LogP contribution in [0.4, 0.5) is 5.82 Å². The third-order valence-corrected chi connectivity index (χ3v) is 3.20. The minimum atomic E-state index is 0.545. The smallest absolute Gasteiger partial charge is 0.191 e. The van der Waals surface area contributed by atoms with Gasteiger partial charge in [-0.1, -0.05) is 13.8 Å². The van der Waals surface area contributed by atoms with Crippen molar-refractivity contribution in [3.05, 3.63) is 12.5 Å². The minimum absolute atomic E-state index is 0.545. The van der Waals surface area contributed by atoms with Crippen molar-refractivity contribution in [2.45, 2.75) is 20.8 Å². The second kappa shape index (κ2) is 8.30. The summed E-state index contributed by atoms with van der Waals surface area (Å²) in [6.07, 6.45) is 3.33. The van der Waals surface area contributed by atoms with Gasteiger partial charge >= 0.3 is 0 Å². The Kier molecular flexibility index (Phi) is 6.13. The van der Waals surface area contributed by atoms with Crippen LogP contribution in [0.15, 0.2) is 17.5 Å². The number of rotatable bonds is 7. The molecule has 0 radical (unpaired) electrons. The highest BCUT2D eigenvalue weighted by Crippen LogP contribution is 2.16. The number of hydrogen-bond donors (Lipinski definition) is 3. The SMILES string of the molecule is CCNC(=NCC(C)C)NCCNc1ncnc2c1cnn2C. The quantitative estimate of drug-likeness (QED) is 0.400. The van der Waals surface area contributed by atoms with Crippen LogP contribution in [-0.2, 0) is 7.05 Å². The molecule has 8 heteroatoms. The summed E-state index contributed by atoms with van der Waals surface area (Å²) in [7, 11) is 1.87. The van der Waals surface area contributed by atoms with Gasteiger partial charge in [0, 0.05) is 33.2 Å². The number of fused-ring (bicyclic) bond motifs is 1. The molecular formula is C15H26N8. The van der Waals surface area contributed by atoms with E-state index in [9.17, 15) is 0 Å². The molecule has 8 nitrogen and oxygen atoms in total. The molecule has 0 atom stereocenters. The zero-order valence-electron chi connectivity index (χ0n) is 14.3. The van der Waals surface area contributed by atoms with Crippen LogP contribution in [0.2, 0.25) is 0 Å². The van der Waals surface area contributed by atoms with Gasteiger partial charge in [-0.25, -0.2) is 9.97 Å². The summed E-state index contributed by atoms with van der Waals surface area (Å²) in [4.78, 5) is 13.0. The molecule has 2 aromatic heterocycles. The Labute approximate surface area is 136 Å². The van der Waals surface area contributed by atoms with Crippen molar-refractivity contribution >= 4 is 22.8 Å². The Balaban J connectivity index is 1.87. The van der Waals surface area contributed by atoms with Gasteiger partial charge in [0.2, 0.25) is 0 Å². The molecule has 23 heavy (non-hydrogen) atoms. The average Bonchev–Trinajstić information content (AvgIpc) is 2.91. The maximum absolute atomic E-state index is 4.54. The number of hydrogen-bond acceptors (Lipinski definition) is 5. The Hall–Kier alpha value is -2.38. The van der Waals surface area contributed by atoms with Crippen molar-refractivity contribution in [2.75, 3.05) is 31.5 Å². The van der Waals surface area contributed by atoms with Crippen molar-refractivity contribution in [3.63, 3.8) is 0 Å². The summed E-state index contributed by atoms with van der Waals surface area (Å²) < 4.78 is 1.74. The van der Waals surface area contributed by atoms with E-state index in [-0.39, 0.29) is 0 Å². The third-order valence-electron chi connectivity index (χ3n) is 3.20. The molecule has 0 saturated heterocycles. The van der Waals surface area contributed by atoms with Crippen LogP contribution in [0.1, 0.15) is 20.8 Å². The number of nitrogens with one attached hydrogen (secondary N) is 3. The van der Waals surface area contributed by atoms with Crippen LogP contribution >= 0.6 is 0 Å². The molecule has 2 rings (SSSR count). The summed E-state index contributed by atoms with van der Waals surface area (Å²) in [5.74, 6) is 2.19. The number of guanidine groups is 1. The third kappa shape index (κ3) is 4.80. The van der Waals surface area contributed by atoms with E-state index in [4.69, 9.17) is 0 Å². The van der Waals surface area contributed by atoms with Gasteiger partial charge in [0.05, 0.1) is 11.6 Å². The van der Waals surface area contributed by atoms with Crippen molar-refractivity contribution < 1.29 is 0 Å². The van der Waals surface area contributed by atoms with Gasteiger partial charge in [-0.3, -0.25) is 9.67 Å². The molecule has 0 aromatic carbocycles. The highest BCUT2D eigenvalue weighted by Gasteiger charge is 2.07. The first-order valence-corrected chi connectivity index (χ1v) is 8.00. The lowest BCUT2D eigenvalue weighted by atomic mass is 10.2. The minimum Gasteiger partial charge on any atom is -0.368 e. The van der Waals surface area contributed by atoms with Crippen molar-refractivity contribution in [3.8, 4) is 0 Å². The Morgan fingerprint density at radius 1 is 1.26 bits per heavy atom. The van der Waals surface area contributed by atoms with E-state index >= 15 is 0 Å². The fraction of sp³-hybridized carbons (Fsp3) is 0.600. The average molecular weight is 318 g/mol. The Morgan fingerprint density at radius 3 is 2.83 bits per heavy atom. The topological polar surface area (TPSA) is 92.1 Å². The Bertz CT molecular complexity index is 646. The molecule has 2 aromatic rings. The molecule has 0 bridgehead atoms. The van der Waals surface area contributed by atoms with Crippen LogP contribution < -0.4 is 16.0 Å². The fourth-order valence-corrected chi connectivity index (χ4v) is 2.08. The standard InChI is InChI=1S/C15H26N8/c1-5-16-15(19-8-11(2)3)18-7-6-17-13-12-9-22-23(4)14(12)21-10-20-13/h9-11H,5-8H2,1-4H3,(H2,16,18,19)(H,17,20,21). The summed E-state index contributed by atoms with van der Waals surface area (Å²) in [5.41, 5.74) is 0.822. The van der Waals surface area contributed by atoms with Crippen LogP contribution in [0.3, 0.4) is 0 Å². The van der Waals surface area contributed by atoms with E-state index in [1.807, 2.05) is 7.05 Å². The second-order valence-electron chi connectivity index (χ2n) is 5.69. The van der Waals surface area contributed by atoms with Crippen LogP contribution in [-0.4, -0.2) is 51.9 Å². The molecule has 126 valence electrons. The molecular weight excluding hydrogens is 292 g/mol. The monoisotopic (exact) mass is 318 g/mol. The molecule has 0 aliphatic heterocycles. The maximum atomic E-state index is 4.54. The first kappa shape index (κ1) is 17.0. The highest BCUT2D eigenvalue weighted by molar-refractivity contribution is 5.86. The molecule has 3 N–H and O–H groups in total. The first-order chi connectivity index (χ1) is 11.1. The van der Waals surface area contributed by atoms with Gasteiger partial charge in [-0.05, 0) is 12.8 Å². The van der Waals surface area contributed by atoms with Crippen molar-refractivity contribution in [1.82, 2.24) is 30.4 Å². The molecule has 0 spiro atoms. The molecule has 0 fully saturated rings. The van der Waals surface area contributed by atoms with Crippen molar-refractivity contribution in [2.24, 2.45) is 18.0 Å². The van der Waals surface area contributed by atoms with E-state index in [1.165, 1.54) is 0 Å². The van der Waals surface area contributed by atoms with Gasteiger partial charge in [-0.2, -0.15) is 5.10 Å². The number of aromatic nitrogens is 4. The first-order valence-electron chi connectivity index (χ1n) is 8.00. The van der Waals surface area contributed by atoms with Gasteiger partial charge in [0.25, 0.3) is 0 Å². The molecule has 0 amide bonds. The van der Waals surface area contributed by atoms with E-state index in [0.717, 1.165) is 49.0 Å². The number of nitrogens with zero attached hydrogens (tertiary/aromatic N) is 5. The predicted molar refractivity (Wildman–Crippen MR) is 93.6 cm³/mol. The van der Waals surface area contributed by atoms with Crippen LogP contribution in [0, 0.1) is 5.92 Å². The molecule has 0 saturated carbocycles. The second-order valence-corrected chi connectivity index (χ2v) is 5.69. The lowest BCUT2D eigenvalue weighted by molar-refractivity contribution is 0.657. The van der Waals surface area contributed by atoms with Gasteiger partial charge in [-0.15, -0.1) is 0 Å². The summed E-state index contributed by atoms with van der Waals surface area (Å²) in [6, 6.07) is 0. The summed E-state index contributed by atoms with van der Waals surface area (Å²) in [6.45, 7) is 9.50. The lowest BCUT2D eigenvalue weighted by Crippen LogP contribution is -2.39. The van der Waals surface area contributed by atoms with Crippen LogP contribution in [0.25, 0.3) is 11.0 Å². The summed E-state index contributed by atoms with van der Waals surface area (Å²) >= 11 is 0. The zero-order valence-corrected chi connectivity index (χ0v) is 14.3. The molecule has 0 aliphatic rings. The van der Waals surface area contributed by atoms with Gasteiger partial charge < -0.3 is 16.0 Å². The van der Waals surface area contributed by atoms with Gasteiger partial charge in [0.15, 0.2) is 11.6 Å². The normalized spacial score (nSPS) is 12.0. The largest absolute Gasteiger partial charge is 0.368 e. The van der Waals surface area contributed by atoms with Crippen LogP contribution in [0.5, 0.6) is 0 Å². The predicted octanol–water partition coefficient (Wildman–Crippen LogP) is 0.986. The number of aliphatic imine (C=N–C) groups is 1. The maximum Gasteiger partial charge on any atom is 0.191 e. The Morgan fingerprint density at radius 2 is 2.09 bits per heavy atom. The van der Waals surface area contributed by atoms with E-state index < -0.39 is 0 Å². The van der Waals surface area contributed by atoms with Crippen molar-refractivity contribution in [1.29, 1.82) is 0 Å². The number of aryl methyl sites for hydroxylation is 1. The fourth-order valence-electron chi connectivity index (χ4n) is 2.08. The van der Waals surface area contributed by atoms with E-state index in [2.05, 4.69) is 56.8 Å². The molecule has 2 heterocycles. The zero-order chi connectivity index (χ0) is 16.7.